The van der Waals surface area contributed by atoms with E-state index in [1.54, 1.807) is 0 Å². The number of nitrogens with zero attached hydrogens (tertiary/aromatic N) is 1. The Balaban J connectivity index is 1.87. The fourth-order valence-electron chi connectivity index (χ4n) is 5.20. The zero-order valence-corrected chi connectivity index (χ0v) is 21.8. The van der Waals surface area contributed by atoms with Gasteiger partial charge in [0.1, 0.15) is 0 Å². The molecule has 4 aromatic rings. The molecule has 1 heteroatoms. The first-order valence-corrected chi connectivity index (χ1v) is 12.8. The molecule has 180 valence electrons. The molecule has 0 saturated carbocycles. The lowest BCUT2D eigenvalue weighted by Gasteiger charge is -2.34. The van der Waals surface area contributed by atoms with Crippen LogP contribution >= 0.6 is 0 Å². The zero-order chi connectivity index (χ0) is 25.1. The van der Waals surface area contributed by atoms with Crippen LogP contribution in [0.5, 0.6) is 0 Å². The van der Waals surface area contributed by atoms with Gasteiger partial charge in [-0.1, -0.05) is 121 Å². The standard InChI is InChI=1S/C35H35N/c1-35(2,3)36(4)25-30-31(26-17-9-5-10-18-26)33(28-21-13-7-14-22-28)34(29-23-15-8-16-24-29)32(30)27-19-11-6-12-20-27/h5-24,31H,25H2,1-4H3. The third-order valence-electron chi connectivity index (χ3n) is 7.37. The van der Waals surface area contributed by atoms with Crippen LogP contribution in [-0.4, -0.2) is 24.0 Å². The molecule has 1 unspecified atom stereocenters. The van der Waals surface area contributed by atoms with Crippen LogP contribution in [0.3, 0.4) is 0 Å². The van der Waals surface area contributed by atoms with Gasteiger partial charge in [-0.25, -0.2) is 0 Å². The van der Waals surface area contributed by atoms with Crippen molar-refractivity contribution in [2.75, 3.05) is 13.6 Å². The number of hydrogen-bond acceptors (Lipinski definition) is 1. The molecule has 1 aliphatic rings. The van der Waals surface area contributed by atoms with Gasteiger partial charge in [-0.15, -0.1) is 0 Å². The molecule has 0 heterocycles. The maximum Gasteiger partial charge on any atom is 0.0333 e. The van der Waals surface area contributed by atoms with Crippen LogP contribution in [0, 0.1) is 0 Å². The Bertz CT molecular complexity index is 1360. The van der Waals surface area contributed by atoms with Crippen LogP contribution in [0.4, 0.5) is 0 Å². The SMILES string of the molecule is CN(CC1=C(c2ccccc2)C(c2ccccc2)=C(c2ccccc2)C1c1ccccc1)C(C)(C)C. The summed E-state index contributed by atoms with van der Waals surface area (Å²) in [6.07, 6.45) is 0. The summed E-state index contributed by atoms with van der Waals surface area (Å²) in [6.45, 7) is 7.78. The van der Waals surface area contributed by atoms with Crippen molar-refractivity contribution in [1.29, 1.82) is 0 Å². The summed E-state index contributed by atoms with van der Waals surface area (Å²) < 4.78 is 0. The maximum atomic E-state index is 2.48. The third kappa shape index (κ3) is 4.72. The van der Waals surface area contributed by atoms with Gasteiger partial charge in [0.2, 0.25) is 0 Å². The van der Waals surface area contributed by atoms with Crippen molar-refractivity contribution in [2.45, 2.75) is 32.2 Å². The fraction of sp³-hybridized carbons (Fsp3) is 0.200. The van der Waals surface area contributed by atoms with Crippen LogP contribution in [0.1, 0.15) is 48.9 Å². The Morgan fingerprint density at radius 2 is 0.972 bits per heavy atom. The highest BCUT2D eigenvalue weighted by Crippen LogP contribution is 2.55. The van der Waals surface area contributed by atoms with Gasteiger partial charge in [0.25, 0.3) is 0 Å². The van der Waals surface area contributed by atoms with Crippen molar-refractivity contribution in [3.63, 3.8) is 0 Å². The van der Waals surface area contributed by atoms with E-state index in [-0.39, 0.29) is 11.5 Å². The largest absolute Gasteiger partial charge is 0.298 e. The Morgan fingerprint density at radius 1 is 0.556 bits per heavy atom. The van der Waals surface area contributed by atoms with Crippen LogP contribution in [0.2, 0.25) is 0 Å². The third-order valence-corrected chi connectivity index (χ3v) is 7.37. The van der Waals surface area contributed by atoms with Gasteiger partial charge in [-0.05, 0) is 72.4 Å². The average Bonchev–Trinajstić information content (AvgIpc) is 3.25. The van der Waals surface area contributed by atoms with E-state index in [9.17, 15) is 0 Å². The normalized spacial score (nSPS) is 16.2. The fourth-order valence-corrected chi connectivity index (χ4v) is 5.20. The molecule has 0 fully saturated rings. The molecule has 1 aliphatic carbocycles. The molecule has 1 atom stereocenters. The summed E-state index contributed by atoms with van der Waals surface area (Å²) in [5, 5.41) is 0. The number of benzene rings is 4. The van der Waals surface area contributed by atoms with Crippen molar-refractivity contribution in [1.82, 2.24) is 4.90 Å². The molecule has 36 heavy (non-hydrogen) atoms. The molecule has 5 rings (SSSR count). The lowest BCUT2D eigenvalue weighted by atomic mass is 9.83. The Labute approximate surface area is 216 Å². The summed E-state index contributed by atoms with van der Waals surface area (Å²) >= 11 is 0. The molecule has 0 N–H and O–H groups in total. The van der Waals surface area contributed by atoms with E-state index in [0.717, 1.165) is 6.54 Å². The number of hydrogen-bond donors (Lipinski definition) is 0. The molecule has 0 bridgehead atoms. The first-order valence-electron chi connectivity index (χ1n) is 12.8. The first kappa shape index (κ1) is 24.0. The number of rotatable bonds is 6. The highest BCUT2D eigenvalue weighted by Gasteiger charge is 2.37. The van der Waals surface area contributed by atoms with E-state index >= 15 is 0 Å². The molecule has 0 amide bonds. The minimum Gasteiger partial charge on any atom is -0.298 e. The minimum absolute atomic E-state index is 0.0540. The molecule has 0 radical (unpaired) electrons. The second-order valence-electron chi connectivity index (χ2n) is 10.7. The van der Waals surface area contributed by atoms with Crippen molar-refractivity contribution in [3.05, 3.63) is 149 Å². The number of likely N-dealkylation sites (N-methyl/N-ethyl adjacent to an activating group) is 1. The zero-order valence-electron chi connectivity index (χ0n) is 21.8. The van der Waals surface area contributed by atoms with Gasteiger partial charge < -0.3 is 0 Å². The van der Waals surface area contributed by atoms with Crippen molar-refractivity contribution in [2.24, 2.45) is 0 Å². The van der Waals surface area contributed by atoms with Crippen LogP contribution in [0.15, 0.2) is 127 Å². The molecule has 4 aromatic carbocycles. The Kier molecular flexibility index (Phi) is 6.76. The van der Waals surface area contributed by atoms with E-state index in [1.807, 2.05) is 0 Å². The molecule has 0 saturated heterocycles. The van der Waals surface area contributed by atoms with Gasteiger partial charge in [0.15, 0.2) is 0 Å². The second-order valence-corrected chi connectivity index (χ2v) is 10.7. The molecular weight excluding hydrogens is 434 g/mol. The van der Waals surface area contributed by atoms with Gasteiger partial charge >= 0.3 is 0 Å². The highest BCUT2D eigenvalue weighted by molar-refractivity contribution is 6.21. The van der Waals surface area contributed by atoms with Crippen LogP contribution in [0.25, 0.3) is 16.7 Å². The summed E-state index contributed by atoms with van der Waals surface area (Å²) in [5.41, 5.74) is 10.8. The van der Waals surface area contributed by atoms with E-state index in [1.165, 1.54) is 44.5 Å². The monoisotopic (exact) mass is 469 g/mol. The van der Waals surface area contributed by atoms with E-state index in [4.69, 9.17) is 0 Å². The van der Waals surface area contributed by atoms with E-state index in [0.29, 0.717) is 0 Å². The van der Waals surface area contributed by atoms with Crippen molar-refractivity contribution in [3.8, 4) is 0 Å². The summed E-state index contributed by atoms with van der Waals surface area (Å²) in [7, 11) is 2.25. The Hall–Kier alpha value is -3.68. The molecular formula is C35H35N. The quantitative estimate of drug-likeness (QED) is 0.273. The molecule has 0 aliphatic heterocycles. The lowest BCUT2D eigenvalue weighted by Crippen LogP contribution is -2.39. The predicted molar refractivity (Wildman–Crippen MR) is 155 cm³/mol. The predicted octanol–water partition coefficient (Wildman–Crippen LogP) is 8.58. The van der Waals surface area contributed by atoms with E-state index < -0.39 is 0 Å². The summed E-state index contributed by atoms with van der Waals surface area (Å²) in [5.74, 6) is 0.170. The second kappa shape index (κ2) is 10.1. The highest BCUT2D eigenvalue weighted by atomic mass is 15.2. The summed E-state index contributed by atoms with van der Waals surface area (Å²) in [4.78, 5) is 2.48. The van der Waals surface area contributed by atoms with Gasteiger partial charge in [0, 0.05) is 18.0 Å². The Morgan fingerprint density at radius 3 is 1.44 bits per heavy atom. The maximum absolute atomic E-state index is 2.48. The van der Waals surface area contributed by atoms with Gasteiger partial charge in [-0.2, -0.15) is 0 Å². The molecule has 0 spiro atoms. The number of allylic oxidation sites excluding steroid dienone is 3. The van der Waals surface area contributed by atoms with Gasteiger partial charge in [-0.3, -0.25) is 4.90 Å². The van der Waals surface area contributed by atoms with E-state index in [2.05, 4.69) is 154 Å². The van der Waals surface area contributed by atoms with Gasteiger partial charge in [0.05, 0.1) is 0 Å². The summed E-state index contributed by atoms with van der Waals surface area (Å²) in [6, 6.07) is 43.9. The van der Waals surface area contributed by atoms with Crippen molar-refractivity contribution >= 4 is 16.7 Å². The van der Waals surface area contributed by atoms with Crippen molar-refractivity contribution < 1.29 is 0 Å². The molecule has 1 nitrogen and oxygen atoms in total. The smallest absolute Gasteiger partial charge is 0.0333 e. The van der Waals surface area contributed by atoms with Crippen LogP contribution < -0.4 is 0 Å². The topological polar surface area (TPSA) is 3.24 Å². The molecule has 0 aromatic heterocycles. The lowest BCUT2D eigenvalue weighted by molar-refractivity contribution is 0.190. The average molecular weight is 470 g/mol. The van der Waals surface area contributed by atoms with Crippen LogP contribution in [-0.2, 0) is 0 Å². The minimum atomic E-state index is 0.0540. The first-order chi connectivity index (χ1) is 17.4.